The SMILES string of the molecule is CCCNC1COCC1C(=O)N[C@@H](CC)CO. The molecule has 2 unspecified atom stereocenters. The normalized spacial score (nSPS) is 25.8. The van der Waals surface area contributed by atoms with E-state index < -0.39 is 0 Å². The van der Waals surface area contributed by atoms with Crippen LogP contribution in [0.2, 0.25) is 0 Å². The highest BCUT2D eigenvalue weighted by Crippen LogP contribution is 2.14. The van der Waals surface area contributed by atoms with Gasteiger partial charge >= 0.3 is 0 Å². The zero-order valence-corrected chi connectivity index (χ0v) is 10.7. The van der Waals surface area contributed by atoms with Crippen molar-refractivity contribution in [1.29, 1.82) is 0 Å². The molecule has 0 aromatic heterocycles. The Hall–Kier alpha value is -0.650. The summed E-state index contributed by atoms with van der Waals surface area (Å²) in [6.45, 7) is 5.98. The lowest BCUT2D eigenvalue weighted by molar-refractivity contribution is -0.126. The van der Waals surface area contributed by atoms with Gasteiger partial charge in [0.25, 0.3) is 0 Å². The second-order valence-electron chi connectivity index (χ2n) is 4.50. The van der Waals surface area contributed by atoms with Crippen LogP contribution in [-0.4, -0.2) is 49.5 Å². The first-order valence-electron chi connectivity index (χ1n) is 6.45. The molecule has 0 aromatic rings. The maximum atomic E-state index is 12.0. The summed E-state index contributed by atoms with van der Waals surface area (Å²) in [5, 5.41) is 15.2. The van der Waals surface area contributed by atoms with E-state index >= 15 is 0 Å². The van der Waals surface area contributed by atoms with E-state index in [1.165, 1.54) is 0 Å². The summed E-state index contributed by atoms with van der Waals surface area (Å²) in [6, 6.07) is -0.0407. The van der Waals surface area contributed by atoms with Crippen LogP contribution in [0.25, 0.3) is 0 Å². The van der Waals surface area contributed by atoms with Gasteiger partial charge in [0, 0.05) is 6.04 Å². The van der Waals surface area contributed by atoms with Crippen LogP contribution in [0.4, 0.5) is 0 Å². The van der Waals surface area contributed by atoms with Crippen LogP contribution in [0.15, 0.2) is 0 Å². The molecule has 5 heteroatoms. The lowest BCUT2D eigenvalue weighted by atomic mass is 10.0. The number of carbonyl (C=O) groups is 1. The van der Waals surface area contributed by atoms with E-state index in [9.17, 15) is 4.79 Å². The van der Waals surface area contributed by atoms with Crippen molar-refractivity contribution in [1.82, 2.24) is 10.6 Å². The second kappa shape index (κ2) is 7.63. The van der Waals surface area contributed by atoms with Crippen molar-refractivity contribution in [3.63, 3.8) is 0 Å². The standard InChI is InChI=1S/C12H24N2O3/c1-3-5-13-11-8-17-7-10(11)12(16)14-9(4-2)6-15/h9-11,13,15H,3-8H2,1-2H3,(H,14,16)/t9-,10?,11?/m0/s1. The highest BCUT2D eigenvalue weighted by Gasteiger charge is 2.34. The summed E-state index contributed by atoms with van der Waals surface area (Å²) in [5.41, 5.74) is 0. The fraction of sp³-hybridized carbons (Fsp3) is 0.917. The van der Waals surface area contributed by atoms with E-state index in [1.807, 2.05) is 6.92 Å². The number of hydrogen-bond donors (Lipinski definition) is 3. The minimum atomic E-state index is -0.144. The molecular formula is C12H24N2O3. The Kier molecular flexibility index (Phi) is 6.47. The molecule has 1 fully saturated rings. The quantitative estimate of drug-likeness (QED) is 0.584. The van der Waals surface area contributed by atoms with Crippen LogP contribution in [0.5, 0.6) is 0 Å². The molecule has 1 heterocycles. The fourth-order valence-electron chi connectivity index (χ4n) is 1.93. The third-order valence-corrected chi connectivity index (χ3v) is 3.13. The van der Waals surface area contributed by atoms with E-state index in [0.717, 1.165) is 19.4 Å². The molecule has 0 saturated carbocycles. The summed E-state index contributed by atoms with van der Waals surface area (Å²) in [4.78, 5) is 12.0. The van der Waals surface area contributed by atoms with E-state index in [2.05, 4.69) is 17.6 Å². The van der Waals surface area contributed by atoms with Crippen LogP contribution < -0.4 is 10.6 Å². The van der Waals surface area contributed by atoms with E-state index in [4.69, 9.17) is 9.84 Å². The summed E-state index contributed by atoms with van der Waals surface area (Å²) < 4.78 is 5.35. The average molecular weight is 244 g/mol. The minimum Gasteiger partial charge on any atom is -0.394 e. The van der Waals surface area contributed by atoms with Crippen LogP contribution >= 0.6 is 0 Å². The molecule has 0 radical (unpaired) electrons. The molecule has 0 aliphatic carbocycles. The predicted octanol–water partition coefficient (Wildman–Crippen LogP) is -0.112. The summed E-state index contributed by atoms with van der Waals surface area (Å²) in [5.74, 6) is -0.154. The second-order valence-corrected chi connectivity index (χ2v) is 4.50. The molecule has 1 aliphatic heterocycles. The van der Waals surface area contributed by atoms with Crippen LogP contribution in [0.1, 0.15) is 26.7 Å². The van der Waals surface area contributed by atoms with Crippen LogP contribution in [0, 0.1) is 5.92 Å². The lowest BCUT2D eigenvalue weighted by Crippen LogP contribution is -2.47. The summed E-state index contributed by atoms with van der Waals surface area (Å²) >= 11 is 0. The average Bonchev–Trinajstić information content (AvgIpc) is 2.81. The van der Waals surface area contributed by atoms with Gasteiger partial charge in [-0.25, -0.2) is 0 Å². The number of rotatable bonds is 7. The van der Waals surface area contributed by atoms with Gasteiger partial charge in [0.15, 0.2) is 0 Å². The predicted molar refractivity (Wildman–Crippen MR) is 65.7 cm³/mol. The van der Waals surface area contributed by atoms with Gasteiger partial charge in [0.2, 0.25) is 5.91 Å². The van der Waals surface area contributed by atoms with Gasteiger partial charge in [-0.15, -0.1) is 0 Å². The summed E-state index contributed by atoms with van der Waals surface area (Å²) in [7, 11) is 0. The number of aliphatic hydroxyl groups excluding tert-OH is 1. The number of nitrogens with one attached hydrogen (secondary N) is 2. The van der Waals surface area contributed by atoms with Crippen LogP contribution in [0.3, 0.4) is 0 Å². The van der Waals surface area contributed by atoms with E-state index in [0.29, 0.717) is 13.2 Å². The number of amides is 1. The molecule has 0 bridgehead atoms. The van der Waals surface area contributed by atoms with Crippen molar-refractivity contribution in [2.75, 3.05) is 26.4 Å². The highest BCUT2D eigenvalue weighted by atomic mass is 16.5. The molecule has 0 spiro atoms. The van der Waals surface area contributed by atoms with E-state index in [1.54, 1.807) is 0 Å². The van der Waals surface area contributed by atoms with Gasteiger partial charge < -0.3 is 20.5 Å². The third-order valence-electron chi connectivity index (χ3n) is 3.13. The first-order valence-corrected chi connectivity index (χ1v) is 6.45. The van der Waals surface area contributed by atoms with Crippen molar-refractivity contribution in [2.45, 2.75) is 38.8 Å². The third kappa shape index (κ3) is 4.26. The van der Waals surface area contributed by atoms with Gasteiger partial charge in [0.05, 0.1) is 31.8 Å². The van der Waals surface area contributed by atoms with E-state index in [-0.39, 0.29) is 30.5 Å². The van der Waals surface area contributed by atoms with Gasteiger partial charge in [-0.2, -0.15) is 0 Å². The number of ether oxygens (including phenoxy) is 1. The molecular weight excluding hydrogens is 220 g/mol. The van der Waals surface area contributed by atoms with Crippen molar-refractivity contribution >= 4 is 5.91 Å². The zero-order valence-electron chi connectivity index (χ0n) is 10.7. The molecule has 3 atom stereocenters. The number of hydrogen-bond acceptors (Lipinski definition) is 4. The molecule has 3 N–H and O–H groups in total. The zero-order chi connectivity index (χ0) is 12.7. The topological polar surface area (TPSA) is 70.6 Å². The number of carbonyl (C=O) groups excluding carboxylic acids is 1. The maximum absolute atomic E-state index is 12.0. The lowest BCUT2D eigenvalue weighted by Gasteiger charge is -2.21. The Labute approximate surface area is 103 Å². The molecule has 1 saturated heterocycles. The Bertz CT molecular complexity index is 232. The van der Waals surface area contributed by atoms with Crippen molar-refractivity contribution in [3.8, 4) is 0 Å². The first-order chi connectivity index (χ1) is 8.22. The molecule has 1 amide bonds. The fourth-order valence-corrected chi connectivity index (χ4v) is 1.93. The molecule has 5 nitrogen and oxygen atoms in total. The molecule has 0 aromatic carbocycles. The van der Waals surface area contributed by atoms with Gasteiger partial charge in [-0.3, -0.25) is 4.79 Å². The van der Waals surface area contributed by atoms with Gasteiger partial charge in [-0.05, 0) is 19.4 Å². The summed E-state index contributed by atoms with van der Waals surface area (Å²) in [6.07, 6.45) is 1.78. The molecule has 100 valence electrons. The van der Waals surface area contributed by atoms with Gasteiger partial charge in [-0.1, -0.05) is 13.8 Å². The monoisotopic (exact) mass is 244 g/mol. The minimum absolute atomic E-state index is 0.0110. The van der Waals surface area contributed by atoms with Gasteiger partial charge in [0.1, 0.15) is 0 Å². The largest absolute Gasteiger partial charge is 0.394 e. The van der Waals surface area contributed by atoms with Crippen molar-refractivity contribution in [2.24, 2.45) is 5.92 Å². The van der Waals surface area contributed by atoms with Crippen molar-refractivity contribution in [3.05, 3.63) is 0 Å². The first kappa shape index (κ1) is 14.4. The van der Waals surface area contributed by atoms with Crippen molar-refractivity contribution < 1.29 is 14.6 Å². The molecule has 1 rings (SSSR count). The Morgan fingerprint density at radius 3 is 2.82 bits per heavy atom. The smallest absolute Gasteiger partial charge is 0.227 e. The Morgan fingerprint density at radius 1 is 1.47 bits per heavy atom. The number of aliphatic hydroxyl groups is 1. The Balaban J connectivity index is 2.43. The van der Waals surface area contributed by atoms with Crippen LogP contribution in [-0.2, 0) is 9.53 Å². The highest BCUT2D eigenvalue weighted by molar-refractivity contribution is 5.80. The molecule has 17 heavy (non-hydrogen) atoms. The maximum Gasteiger partial charge on any atom is 0.227 e. The Morgan fingerprint density at radius 2 is 2.24 bits per heavy atom. The molecule has 1 aliphatic rings.